The minimum absolute atomic E-state index is 0.0903. The quantitative estimate of drug-likeness (QED) is 0.285. The summed E-state index contributed by atoms with van der Waals surface area (Å²) >= 11 is 6.44. The number of Topliss-reactive ketones (excluding diaryl/α,β-unsaturated/α-hetero) is 1. The summed E-state index contributed by atoms with van der Waals surface area (Å²) in [5, 5.41) is 3.40. The van der Waals surface area contributed by atoms with Crippen LogP contribution in [0.5, 0.6) is 5.75 Å². The summed E-state index contributed by atoms with van der Waals surface area (Å²) < 4.78 is 25.6. The molecule has 0 bridgehead atoms. The molecule has 1 aliphatic rings. The van der Waals surface area contributed by atoms with Gasteiger partial charge in [0.05, 0.1) is 17.7 Å². The lowest BCUT2D eigenvalue weighted by atomic mass is 9.91. The van der Waals surface area contributed by atoms with Crippen LogP contribution < -0.4 is 10.1 Å². The maximum absolute atomic E-state index is 13.5. The van der Waals surface area contributed by atoms with Crippen molar-refractivity contribution in [3.8, 4) is 5.75 Å². The van der Waals surface area contributed by atoms with Crippen molar-refractivity contribution in [3.05, 3.63) is 75.7 Å². The number of rotatable bonds is 9. The van der Waals surface area contributed by atoms with Gasteiger partial charge in [0.25, 0.3) is 0 Å². The lowest BCUT2D eigenvalue weighted by Crippen LogP contribution is -2.43. The Bertz CT molecular complexity index is 1190. The van der Waals surface area contributed by atoms with Crippen LogP contribution >= 0.6 is 11.6 Å². The van der Waals surface area contributed by atoms with Crippen molar-refractivity contribution in [1.29, 1.82) is 0 Å². The van der Waals surface area contributed by atoms with Crippen molar-refractivity contribution in [2.45, 2.75) is 58.3 Å². The summed E-state index contributed by atoms with van der Waals surface area (Å²) in [6.07, 6.45) is 1.63. The summed E-state index contributed by atoms with van der Waals surface area (Å²) in [4.78, 5) is 27.1. The molecule has 0 fully saturated rings. The monoisotopic (exact) mass is 546 g/mol. The molecule has 3 rings (SSSR count). The van der Waals surface area contributed by atoms with Crippen LogP contribution in [0.4, 0.5) is 9.18 Å². The molecule has 0 aliphatic carbocycles. The van der Waals surface area contributed by atoms with E-state index >= 15 is 0 Å². The molecule has 0 unspecified atom stereocenters. The number of hydrogen-bond donors (Lipinski definition) is 1. The average molecular weight is 547 g/mol. The first-order chi connectivity index (χ1) is 17.2. The Kier molecular flexibility index (Phi) is 8.88. The molecule has 200 valence electrons. The first-order valence-electron chi connectivity index (χ1n) is 12.3. The van der Waals surface area contributed by atoms with E-state index in [0.29, 0.717) is 35.1 Å². The molecule has 1 heterocycles. The van der Waals surface area contributed by atoms with E-state index in [0.717, 1.165) is 11.1 Å². The second-order valence-electron chi connectivity index (χ2n) is 10.9. The van der Waals surface area contributed by atoms with E-state index in [1.807, 2.05) is 6.92 Å². The van der Waals surface area contributed by atoms with Crippen LogP contribution in [0, 0.1) is 12.7 Å². The largest absolute Gasteiger partial charge is 0.490 e. The number of ketones is 1. The van der Waals surface area contributed by atoms with E-state index in [4.69, 9.17) is 20.8 Å². The van der Waals surface area contributed by atoms with E-state index in [1.165, 1.54) is 23.2 Å². The second-order valence-corrected chi connectivity index (χ2v) is 16.1. The molecule has 2 aromatic rings. The number of carbonyl (C=O) groups excluding carboxylic acids is 2. The highest BCUT2D eigenvalue weighted by Crippen LogP contribution is 2.36. The van der Waals surface area contributed by atoms with Crippen LogP contribution in [-0.4, -0.2) is 45.3 Å². The molecular weight excluding hydrogens is 511 g/mol. The van der Waals surface area contributed by atoms with Gasteiger partial charge in [-0.15, -0.1) is 0 Å². The lowest BCUT2D eigenvalue weighted by molar-refractivity contribution is -0.115. The second kappa shape index (κ2) is 11.4. The summed E-state index contributed by atoms with van der Waals surface area (Å²) in [6.45, 7) is 13.6. The first-order valence-corrected chi connectivity index (χ1v) is 15.6. The zero-order valence-corrected chi connectivity index (χ0v) is 24.3. The van der Waals surface area contributed by atoms with Crippen molar-refractivity contribution in [3.63, 3.8) is 0 Å². The third-order valence-corrected chi connectivity index (χ3v) is 11.9. The van der Waals surface area contributed by atoms with Crippen LogP contribution in [0.2, 0.25) is 23.2 Å². The Labute approximate surface area is 224 Å². The number of carbonyl (C=O) groups is 2. The van der Waals surface area contributed by atoms with Gasteiger partial charge in [0.15, 0.2) is 14.1 Å². The van der Waals surface area contributed by atoms with Gasteiger partial charge in [-0.05, 0) is 66.0 Å². The number of nitrogens with one attached hydrogen (secondary N) is 1. The number of benzene rings is 2. The molecule has 1 aliphatic heterocycles. The number of halogens is 2. The zero-order chi connectivity index (χ0) is 27.5. The summed E-state index contributed by atoms with van der Waals surface area (Å²) in [7, 11) is -0.306. The highest BCUT2D eigenvalue weighted by Gasteiger charge is 2.37. The van der Waals surface area contributed by atoms with Crippen molar-refractivity contribution < 1.29 is 23.1 Å². The molecule has 6 nitrogen and oxygen atoms in total. The molecule has 2 amide bonds. The smallest absolute Gasteiger partial charge is 0.321 e. The number of hydrogen-bond acceptors (Lipinski definition) is 4. The van der Waals surface area contributed by atoms with Crippen molar-refractivity contribution in [1.82, 2.24) is 10.2 Å². The van der Waals surface area contributed by atoms with Gasteiger partial charge < -0.3 is 19.4 Å². The highest BCUT2D eigenvalue weighted by molar-refractivity contribution is 6.74. The number of urea groups is 1. The van der Waals surface area contributed by atoms with Gasteiger partial charge in [0, 0.05) is 25.2 Å². The van der Waals surface area contributed by atoms with E-state index in [-0.39, 0.29) is 29.1 Å². The first kappa shape index (κ1) is 28.9. The fourth-order valence-electron chi connectivity index (χ4n) is 3.73. The molecule has 1 atom stereocenters. The Morgan fingerprint density at radius 2 is 1.81 bits per heavy atom. The van der Waals surface area contributed by atoms with E-state index in [9.17, 15) is 14.0 Å². The van der Waals surface area contributed by atoms with E-state index < -0.39 is 14.4 Å². The predicted octanol–water partition coefficient (Wildman–Crippen LogP) is 6.58. The fraction of sp³-hybridized carbons (Fsp3) is 0.429. The molecule has 2 aromatic carbocycles. The maximum atomic E-state index is 13.5. The van der Waals surface area contributed by atoms with Gasteiger partial charge in [0.2, 0.25) is 0 Å². The molecule has 1 N–H and O–H groups in total. The fourth-order valence-corrected chi connectivity index (χ4v) is 5.03. The number of amides is 2. The van der Waals surface area contributed by atoms with Gasteiger partial charge in [-0.1, -0.05) is 44.5 Å². The molecule has 0 radical (unpaired) electrons. The SMILES string of the molecule is Cc1cc(Cl)c(OCCO[Si](C)(C)C(C)(C)C)cc1CC(=O)C1=CN(C)C(=O)N[C@H]1c1ccc(F)cc1. The molecular formula is C28H36ClFN2O4Si. The third kappa shape index (κ3) is 7.00. The Morgan fingerprint density at radius 3 is 2.43 bits per heavy atom. The van der Waals surface area contributed by atoms with Gasteiger partial charge in [-0.25, -0.2) is 9.18 Å². The standard InChI is InChI=1S/C28H36ClFN2O4Si/c1-18-14-23(29)25(35-12-13-36-37(6,7)28(2,3)4)16-20(18)15-24(33)22-17-32(5)27(34)31-26(22)19-8-10-21(30)11-9-19/h8-11,14,16-17,26H,12-13,15H2,1-7H3,(H,31,34)/t26-/m0/s1. The van der Waals surface area contributed by atoms with Crippen LogP contribution in [0.3, 0.4) is 0 Å². The lowest BCUT2D eigenvalue weighted by Gasteiger charge is -2.36. The van der Waals surface area contributed by atoms with Crippen LogP contribution in [0.1, 0.15) is 43.5 Å². The molecule has 0 saturated carbocycles. The summed E-state index contributed by atoms with van der Waals surface area (Å²) in [5.74, 6) is -0.0651. The normalized spacial score (nSPS) is 16.4. The minimum Gasteiger partial charge on any atom is -0.490 e. The maximum Gasteiger partial charge on any atom is 0.321 e. The van der Waals surface area contributed by atoms with Crippen molar-refractivity contribution in [2.24, 2.45) is 0 Å². The predicted molar refractivity (Wildman–Crippen MR) is 147 cm³/mol. The van der Waals surface area contributed by atoms with Crippen molar-refractivity contribution in [2.75, 3.05) is 20.3 Å². The average Bonchev–Trinajstić information content (AvgIpc) is 2.80. The van der Waals surface area contributed by atoms with Crippen LogP contribution in [0.15, 0.2) is 48.2 Å². The van der Waals surface area contributed by atoms with Crippen LogP contribution in [-0.2, 0) is 15.6 Å². The van der Waals surface area contributed by atoms with E-state index in [1.54, 1.807) is 31.3 Å². The topological polar surface area (TPSA) is 67.9 Å². The van der Waals surface area contributed by atoms with Gasteiger partial charge in [-0.3, -0.25) is 4.79 Å². The molecule has 0 saturated heterocycles. The van der Waals surface area contributed by atoms with Gasteiger partial charge in [0.1, 0.15) is 18.2 Å². The molecule has 0 aromatic heterocycles. The molecule has 0 spiro atoms. The van der Waals surface area contributed by atoms with Gasteiger partial charge >= 0.3 is 6.03 Å². The minimum atomic E-state index is -1.88. The van der Waals surface area contributed by atoms with Gasteiger partial charge in [-0.2, -0.15) is 0 Å². The Balaban J connectivity index is 1.76. The van der Waals surface area contributed by atoms with E-state index in [2.05, 4.69) is 39.2 Å². The summed E-state index contributed by atoms with van der Waals surface area (Å²) in [6, 6.07) is 8.32. The number of aryl methyl sites for hydroxylation is 1. The molecule has 9 heteroatoms. The number of nitrogens with zero attached hydrogens (tertiary/aromatic N) is 1. The third-order valence-electron chi connectivity index (χ3n) is 7.11. The zero-order valence-electron chi connectivity index (χ0n) is 22.6. The number of ether oxygens (including phenoxy) is 1. The Morgan fingerprint density at radius 1 is 1.16 bits per heavy atom. The molecule has 37 heavy (non-hydrogen) atoms. The highest BCUT2D eigenvalue weighted by atomic mass is 35.5. The van der Waals surface area contributed by atoms with Crippen molar-refractivity contribution >= 4 is 31.7 Å². The van der Waals surface area contributed by atoms with Crippen LogP contribution in [0.25, 0.3) is 0 Å². The Hall–Kier alpha value is -2.68. The summed E-state index contributed by atoms with van der Waals surface area (Å²) in [5.41, 5.74) is 2.66.